The molecule has 0 saturated carbocycles. The van der Waals surface area contributed by atoms with E-state index in [1.807, 2.05) is 11.3 Å². The first kappa shape index (κ1) is 28.7. The van der Waals surface area contributed by atoms with Gasteiger partial charge in [-0.3, -0.25) is 0 Å². The van der Waals surface area contributed by atoms with Crippen LogP contribution in [0.15, 0.2) is 99.0 Å². The maximum atomic E-state index is 2.82. The molecule has 208 valence electrons. The van der Waals surface area contributed by atoms with Crippen LogP contribution in [0.1, 0.15) is 85.5 Å². The molecule has 4 aromatic rings. The summed E-state index contributed by atoms with van der Waals surface area (Å²) in [5.41, 5.74) is 13.5. The molecule has 2 heteroatoms. The molecule has 0 fully saturated rings. The van der Waals surface area contributed by atoms with E-state index < -0.39 is 21.3 Å². The van der Waals surface area contributed by atoms with Crippen LogP contribution in [0.2, 0.25) is 0 Å². The molecule has 0 nitrogen and oxygen atoms in total. The Morgan fingerprint density at radius 3 is 1.93 bits per heavy atom. The van der Waals surface area contributed by atoms with Gasteiger partial charge in [-0.25, -0.2) is 0 Å². The van der Waals surface area contributed by atoms with Gasteiger partial charge in [-0.1, -0.05) is 0 Å². The van der Waals surface area contributed by atoms with Crippen molar-refractivity contribution >= 4 is 20.6 Å². The molecule has 0 amide bonds. The Morgan fingerprint density at radius 1 is 0.780 bits per heavy atom. The number of hydrogen-bond acceptors (Lipinski definition) is 1. The first-order valence-corrected chi connectivity index (χ1v) is 20.0. The summed E-state index contributed by atoms with van der Waals surface area (Å²) < 4.78 is 5.06. The SMILES string of the molecule is CC1C=CC(c2ccsc2)=[C]1[Zr](=[CH]Cc1ccccc1)[CH]1c2ccc(C(C)(C)C)cc2-c2cc(C(C)(C)C)ccc21. The maximum absolute atomic E-state index is 2.82. The summed E-state index contributed by atoms with van der Waals surface area (Å²) >= 11 is -0.661. The number of rotatable bonds is 5. The van der Waals surface area contributed by atoms with E-state index in [4.69, 9.17) is 0 Å². The molecule has 41 heavy (non-hydrogen) atoms. The van der Waals surface area contributed by atoms with Crippen molar-refractivity contribution < 1.29 is 21.3 Å². The van der Waals surface area contributed by atoms with Crippen LogP contribution in [-0.2, 0) is 38.5 Å². The molecule has 1 unspecified atom stereocenters. The quantitative estimate of drug-likeness (QED) is 0.205. The Hall–Kier alpha value is -2.41. The third-order valence-electron chi connectivity index (χ3n) is 8.90. The fourth-order valence-corrected chi connectivity index (χ4v) is 15.9. The number of benzene rings is 3. The van der Waals surface area contributed by atoms with E-state index in [9.17, 15) is 0 Å². The van der Waals surface area contributed by atoms with Crippen LogP contribution < -0.4 is 0 Å². The normalized spacial score (nSPS) is 17.3. The van der Waals surface area contributed by atoms with Gasteiger partial charge in [0.25, 0.3) is 0 Å². The van der Waals surface area contributed by atoms with Gasteiger partial charge in [0, 0.05) is 0 Å². The van der Waals surface area contributed by atoms with Crippen molar-refractivity contribution in [3.63, 3.8) is 0 Å². The van der Waals surface area contributed by atoms with Gasteiger partial charge in [0.1, 0.15) is 0 Å². The van der Waals surface area contributed by atoms with Gasteiger partial charge in [0.15, 0.2) is 0 Å². The van der Waals surface area contributed by atoms with Crippen LogP contribution in [0.5, 0.6) is 0 Å². The first-order valence-electron chi connectivity index (χ1n) is 15.0. The number of fused-ring (bicyclic) bond motifs is 3. The molecule has 1 atom stereocenters. The zero-order valence-corrected chi connectivity index (χ0v) is 28.9. The molecule has 2 aliphatic rings. The molecule has 0 bridgehead atoms. The van der Waals surface area contributed by atoms with Crippen LogP contribution in [0.4, 0.5) is 0 Å². The Kier molecular flexibility index (Phi) is 7.71. The van der Waals surface area contributed by atoms with Crippen molar-refractivity contribution in [3.8, 4) is 11.1 Å². The van der Waals surface area contributed by atoms with E-state index in [1.54, 1.807) is 14.4 Å². The zero-order chi connectivity index (χ0) is 28.9. The molecule has 0 radical (unpaired) electrons. The fourth-order valence-electron chi connectivity index (χ4n) is 6.50. The van der Waals surface area contributed by atoms with Crippen LogP contribution >= 0.6 is 11.3 Å². The molecule has 1 aromatic heterocycles. The van der Waals surface area contributed by atoms with Gasteiger partial charge in [-0.05, 0) is 0 Å². The zero-order valence-electron chi connectivity index (χ0n) is 25.6. The van der Waals surface area contributed by atoms with Gasteiger partial charge in [-0.2, -0.15) is 0 Å². The van der Waals surface area contributed by atoms with Crippen molar-refractivity contribution in [3.05, 3.63) is 132 Å². The van der Waals surface area contributed by atoms with E-state index in [2.05, 4.69) is 148 Å². The second-order valence-electron chi connectivity index (χ2n) is 13.9. The van der Waals surface area contributed by atoms with E-state index >= 15 is 0 Å². The predicted molar refractivity (Wildman–Crippen MR) is 177 cm³/mol. The third kappa shape index (κ3) is 5.55. The minimum absolute atomic E-state index is 0.120. The van der Waals surface area contributed by atoms with Gasteiger partial charge in [-0.15, -0.1) is 0 Å². The van der Waals surface area contributed by atoms with Crippen molar-refractivity contribution in [2.75, 3.05) is 0 Å². The van der Waals surface area contributed by atoms with E-state index in [0.717, 1.165) is 6.42 Å². The van der Waals surface area contributed by atoms with Crippen LogP contribution in [0, 0.1) is 5.92 Å². The van der Waals surface area contributed by atoms with Crippen molar-refractivity contribution in [1.29, 1.82) is 0 Å². The monoisotopic (exact) mass is 632 g/mol. The van der Waals surface area contributed by atoms with Gasteiger partial charge in [0.2, 0.25) is 0 Å². The third-order valence-corrected chi connectivity index (χ3v) is 17.5. The number of hydrogen-bond donors (Lipinski definition) is 0. The first-order chi connectivity index (χ1) is 19.5. The van der Waals surface area contributed by atoms with Gasteiger partial charge in [0.05, 0.1) is 0 Å². The van der Waals surface area contributed by atoms with Crippen LogP contribution in [0.3, 0.4) is 0 Å². The molecule has 1 heterocycles. The average Bonchev–Trinajstić information content (AvgIpc) is 3.67. The second-order valence-corrected chi connectivity index (χ2v) is 20.6. The molecule has 0 aliphatic heterocycles. The van der Waals surface area contributed by atoms with E-state index in [-0.39, 0.29) is 10.8 Å². The molecule has 6 rings (SSSR count). The second kappa shape index (κ2) is 11.0. The van der Waals surface area contributed by atoms with Crippen molar-refractivity contribution in [2.45, 2.75) is 69.3 Å². The van der Waals surface area contributed by atoms with Gasteiger partial charge < -0.3 is 0 Å². The summed E-state index contributed by atoms with van der Waals surface area (Å²) in [6, 6.07) is 28.3. The summed E-state index contributed by atoms with van der Waals surface area (Å²) in [6.45, 7) is 16.5. The summed E-state index contributed by atoms with van der Waals surface area (Å²) in [5.74, 6) is 0.488. The van der Waals surface area contributed by atoms with E-state index in [1.165, 1.54) is 39.0 Å². The summed E-state index contributed by atoms with van der Waals surface area (Å²) in [5, 5.41) is 4.58. The minimum atomic E-state index is -2.47. The number of allylic oxidation sites excluding steroid dienone is 4. The Morgan fingerprint density at radius 2 is 1.39 bits per heavy atom. The van der Waals surface area contributed by atoms with Crippen molar-refractivity contribution in [2.24, 2.45) is 5.92 Å². The van der Waals surface area contributed by atoms with Gasteiger partial charge >= 0.3 is 261 Å². The molecule has 0 N–H and O–H groups in total. The summed E-state index contributed by atoms with van der Waals surface area (Å²) in [4.78, 5) is 0. The molecular formula is C39H42SZr. The predicted octanol–water partition coefficient (Wildman–Crippen LogP) is 10.7. The summed E-state index contributed by atoms with van der Waals surface area (Å²) in [6.07, 6.45) is 5.94. The molecule has 0 spiro atoms. The molecule has 2 aliphatic carbocycles. The standard InChI is InChI=1S/C21H25.C10H9S.C8H8.Zr/c1-20(2,3)16-9-7-14-11-15-8-10-17(21(4,5)6)13-19(15)18(14)12-16;1-8-2-3-9(6-8)10-4-5-11-7-10;1-2-8-6-4-3-5-7-8;/h7-13H,1-6H3;2-5,7-8H,1H3;1,3-7H,2H2;. The Balaban J connectivity index is 1.61. The molecular weight excluding hydrogens is 592 g/mol. The average molecular weight is 634 g/mol. The Labute approximate surface area is 259 Å². The van der Waals surface area contributed by atoms with E-state index in [0.29, 0.717) is 9.54 Å². The molecule has 0 saturated heterocycles. The number of thiophene rings is 1. The van der Waals surface area contributed by atoms with Crippen LogP contribution in [0.25, 0.3) is 16.7 Å². The fraction of sp³-hybridized carbons (Fsp3) is 0.308. The van der Waals surface area contributed by atoms with Crippen molar-refractivity contribution in [1.82, 2.24) is 0 Å². The molecule has 3 aromatic carbocycles. The Bertz CT molecular complexity index is 1600. The van der Waals surface area contributed by atoms with Crippen LogP contribution in [-0.4, -0.2) is 3.71 Å². The topological polar surface area (TPSA) is 0 Å². The summed E-state index contributed by atoms with van der Waals surface area (Å²) in [7, 11) is 0.